The van der Waals surface area contributed by atoms with Gasteiger partial charge in [0.15, 0.2) is 0 Å². The van der Waals surface area contributed by atoms with Gasteiger partial charge in [-0.25, -0.2) is 4.39 Å². The van der Waals surface area contributed by atoms with Crippen LogP contribution in [-0.2, 0) is 11.2 Å². The highest BCUT2D eigenvalue weighted by molar-refractivity contribution is 5.83. The Bertz CT molecular complexity index is 353. The minimum absolute atomic E-state index is 0.115. The van der Waals surface area contributed by atoms with Crippen LogP contribution in [0.2, 0.25) is 0 Å². The number of hydrogen-bond acceptors (Lipinski definition) is 1. The topological polar surface area (TPSA) is 17.1 Å². The van der Waals surface area contributed by atoms with Gasteiger partial charge in [-0.15, -0.1) is 0 Å². The molecule has 0 fully saturated rings. The zero-order chi connectivity index (χ0) is 12.2. The minimum Gasteiger partial charge on any atom is -0.290 e. The highest BCUT2D eigenvalue weighted by Gasteiger charge is 2.37. The third-order valence-corrected chi connectivity index (χ3v) is 2.10. The van der Waals surface area contributed by atoms with E-state index in [-0.39, 0.29) is 6.42 Å². The summed E-state index contributed by atoms with van der Waals surface area (Å²) >= 11 is 0. The number of alkyl halides is 3. The molecule has 0 aromatic heterocycles. The average molecular weight is 234 g/mol. The van der Waals surface area contributed by atoms with Gasteiger partial charge in [0.25, 0.3) is 0 Å². The molecule has 1 rings (SSSR count). The van der Waals surface area contributed by atoms with Crippen molar-refractivity contribution >= 4 is 5.78 Å². The normalized spacial score (nSPS) is 11.5. The van der Waals surface area contributed by atoms with Gasteiger partial charge in [0.1, 0.15) is 5.82 Å². The van der Waals surface area contributed by atoms with Crippen LogP contribution in [0.1, 0.15) is 18.4 Å². The molecule has 0 N–H and O–H groups in total. The van der Waals surface area contributed by atoms with Crippen molar-refractivity contribution in [3.8, 4) is 0 Å². The number of aryl methyl sites for hydroxylation is 1. The Morgan fingerprint density at radius 3 is 2.19 bits per heavy atom. The first kappa shape index (κ1) is 12.7. The maximum atomic E-state index is 12.5. The molecular formula is C11H10F4O. The molecule has 0 spiro atoms. The number of ketones is 1. The fourth-order valence-corrected chi connectivity index (χ4v) is 1.25. The van der Waals surface area contributed by atoms with Gasteiger partial charge in [-0.05, 0) is 30.5 Å². The number of carbonyl (C=O) groups excluding carboxylic acids is 1. The van der Waals surface area contributed by atoms with Crippen molar-refractivity contribution in [2.45, 2.75) is 25.4 Å². The molecule has 0 saturated heterocycles. The van der Waals surface area contributed by atoms with E-state index in [1.165, 1.54) is 24.3 Å². The van der Waals surface area contributed by atoms with E-state index in [4.69, 9.17) is 0 Å². The molecule has 88 valence electrons. The first-order chi connectivity index (χ1) is 7.39. The van der Waals surface area contributed by atoms with E-state index in [0.717, 1.165) is 5.56 Å². The van der Waals surface area contributed by atoms with Crippen LogP contribution in [0.15, 0.2) is 24.3 Å². The summed E-state index contributed by atoms with van der Waals surface area (Å²) in [6, 6.07) is 5.46. The fraction of sp³-hybridized carbons (Fsp3) is 0.364. The summed E-state index contributed by atoms with van der Waals surface area (Å²) in [6.45, 7) is 0. The Kier molecular flexibility index (Phi) is 4.04. The van der Waals surface area contributed by atoms with E-state index in [2.05, 4.69) is 0 Å². The third-order valence-electron chi connectivity index (χ3n) is 2.10. The first-order valence-electron chi connectivity index (χ1n) is 4.74. The van der Waals surface area contributed by atoms with Gasteiger partial charge < -0.3 is 0 Å². The lowest BCUT2D eigenvalue weighted by Gasteiger charge is -2.04. The van der Waals surface area contributed by atoms with Crippen LogP contribution >= 0.6 is 0 Å². The lowest BCUT2D eigenvalue weighted by atomic mass is 10.1. The summed E-state index contributed by atoms with van der Waals surface area (Å²) in [5.41, 5.74) is 0.719. The maximum Gasteiger partial charge on any atom is 0.449 e. The van der Waals surface area contributed by atoms with Crippen LogP contribution in [0.25, 0.3) is 0 Å². The van der Waals surface area contributed by atoms with Crippen molar-refractivity contribution in [2.24, 2.45) is 0 Å². The third kappa shape index (κ3) is 4.00. The zero-order valence-corrected chi connectivity index (χ0v) is 8.35. The Labute approximate surface area is 90.1 Å². The fourth-order valence-electron chi connectivity index (χ4n) is 1.25. The second kappa shape index (κ2) is 5.09. The summed E-state index contributed by atoms with van der Waals surface area (Å²) in [5.74, 6) is -2.11. The largest absolute Gasteiger partial charge is 0.449 e. The second-order valence-corrected chi connectivity index (χ2v) is 3.40. The molecule has 0 atom stereocenters. The number of carbonyl (C=O) groups is 1. The van der Waals surface area contributed by atoms with Crippen LogP contribution in [0.4, 0.5) is 17.6 Å². The Morgan fingerprint density at radius 2 is 1.69 bits per heavy atom. The molecule has 0 unspecified atom stereocenters. The molecule has 0 radical (unpaired) electrons. The van der Waals surface area contributed by atoms with Crippen molar-refractivity contribution in [3.05, 3.63) is 35.6 Å². The molecule has 0 aliphatic heterocycles. The monoisotopic (exact) mass is 234 g/mol. The van der Waals surface area contributed by atoms with Gasteiger partial charge in [-0.1, -0.05) is 12.1 Å². The molecular weight excluding hydrogens is 224 g/mol. The van der Waals surface area contributed by atoms with Gasteiger partial charge in [0.05, 0.1) is 0 Å². The summed E-state index contributed by atoms with van der Waals surface area (Å²) in [7, 11) is 0. The summed E-state index contributed by atoms with van der Waals surface area (Å²) in [6.07, 6.45) is -4.82. The van der Waals surface area contributed by atoms with E-state index in [1.54, 1.807) is 0 Å². The van der Waals surface area contributed by atoms with Crippen molar-refractivity contribution in [1.82, 2.24) is 0 Å². The highest BCUT2D eigenvalue weighted by Crippen LogP contribution is 2.19. The molecule has 0 amide bonds. The van der Waals surface area contributed by atoms with Crippen LogP contribution in [0.5, 0.6) is 0 Å². The molecule has 0 bridgehead atoms. The van der Waals surface area contributed by atoms with Gasteiger partial charge in [-0.2, -0.15) is 13.2 Å². The van der Waals surface area contributed by atoms with E-state index in [0.29, 0.717) is 6.42 Å². The van der Waals surface area contributed by atoms with Crippen molar-refractivity contribution in [2.75, 3.05) is 0 Å². The van der Waals surface area contributed by atoms with Crippen molar-refractivity contribution in [3.63, 3.8) is 0 Å². The van der Waals surface area contributed by atoms with E-state index in [9.17, 15) is 22.4 Å². The van der Waals surface area contributed by atoms with E-state index in [1.807, 2.05) is 0 Å². The Balaban J connectivity index is 2.36. The van der Waals surface area contributed by atoms with Crippen molar-refractivity contribution < 1.29 is 22.4 Å². The number of halogens is 4. The summed E-state index contributed by atoms with van der Waals surface area (Å²) in [4.78, 5) is 10.5. The minimum atomic E-state index is -4.75. The molecule has 16 heavy (non-hydrogen) atoms. The first-order valence-corrected chi connectivity index (χ1v) is 4.74. The molecule has 1 aromatic carbocycles. The lowest BCUT2D eigenvalue weighted by molar-refractivity contribution is -0.171. The standard InChI is InChI=1S/C11H10F4O/c12-9-6-4-8(5-7-9)2-1-3-10(16)11(13,14)15/h4-7H,1-3H2. The predicted molar refractivity (Wildman–Crippen MR) is 50.4 cm³/mol. The lowest BCUT2D eigenvalue weighted by Crippen LogP contribution is -2.22. The van der Waals surface area contributed by atoms with Crippen molar-refractivity contribution in [1.29, 1.82) is 0 Å². The number of Topliss-reactive ketones (excluding diaryl/α,β-unsaturated/α-hetero) is 1. The molecule has 0 saturated carbocycles. The van der Waals surface area contributed by atoms with Gasteiger partial charge >= 0.3 is 6.18 Å². The van der Waals surface area contributed by atoms with Gasteiger partial charge in [-0.3, -0.25) is 4.79 Å². The van der Waals surface area contributed by atoms with E-state index < -0.39 is 24.2 Å². The van der Waals surface area contributed by atoms with Crippen LogP contribution in [0.3, 0.4) is 0 Å². The molecule has 0 aliphatic carbocycles. The highest BCUT2D eigenvalue weighted by atomic mass is 19.4. The second-order valence-electron chi connectivity index (χ2n) is 3.40. The molecule has 0 aliphatic rings. The predicted octanol–water partition coefficient (Wildman–Crippen LogP) is 3.28. The number of benzene rings is 1. The quantitative estimate of drug-likeness (QED) is 0.730. The molecule has 1 nitrogen and oxygen atoms in total. The smallest absolute Gasteiger partial charge is 0.290 e. The Hall–Kier alpha value is -1.39. The summed E-state index contributed by atoms with van der Waals surface area (Å²) < 4.78 is 48.0. The van der Waals surface area contributed by atoms with Crippen LogP contribution in [-0.4, -0.2) is 12.0 Å². The molecule has 5 heteroatoms. The average Bonchev–Trinajstić information content (AvgIpc) is 2.19. The molecule has 0 heterocycles. The SMILES string of the molecule is O=C(CCCc1ccc(F)cc1)C(F)(F)F. The van der Waals surface area contributed by atoms with Crippen LogP contribution in [0, 0.1) is 5.82 Å². The van der Waals surface area contributed by atoms with Crippen LogP contribution < -0.4 is 0 Å². The van der Waals surface area contributed by atoms with Gasteiger partial charge in [0.2, 0.25) is 5.78 Å². The van der Waals surface area contributed by atoms with Gasteiger partial charge in [0, 0.05) is 6.42 Å². The zero-order valence-electron chi connectivity index (χ0n) is 8.35. The Morgan fingerprint density at radius 1 is 1.12 bits per heavy atom. The summed E-state index contributed by atoms with van der Waals surface area (Å²) in [5, 5.41) is 0. The van der Waals surface area contributed by atoms with E-state index >= 15 is 0 Å². The maximum absolute atomic E-state index is 12.5. The molecule has 1 aromatic rings. The number of rotatable bonds is 4. The number of hydrogen-bond donors (Lipinski definition) is 0.